The minimum absolute atomic E-state index is 0.0334. The molecule has 0 radical (unpaired) electrons. The fourth-order valence-electron chi connectivity index (χ4n) is 2.92. The second kappa shape index (κ2) is 8.66. The van der Waals surface area contributed by atoms with Crippen LogP contribution in [0.25, 0.3) is 11.1 Å². The molecule has 0 amide bonds. The summed E-state index contributed by atoms with van der Waals surface area (Å²) < 4.78 is 54.9. The van der Waals surface area contributed by atoms with Crippen LogP contribution in [0.4, 0.5) is 14.5 Å². The largest absolute Gasteiger partial charge is 0.300 e. The third-order valence-electron chi connectivity index (χ3n) is 4.31. The molecule has 3 rings (SSSR count). The molecule has 30 heavy (non-hydrogen) atoms. The molecular weight excluding hydrogens is 412 g/mol. The Morgan fingerprint density at radius 2 is 1.83 bits per heavy atom. The third kappa shape index (κ3) is 4.85. The van der Waals surface area contributed by atoms with Crippen LogP contribution in [-0.4, -0.2) is 24.2 Å². The number of hydrogen-bond donors (Lipinski definition) is 1. The van der Waals surface area contributed by atoms with Gasteiger partial charge in [0.25, 0.3) is 10.0 Å². The predicted octanol–water partition coefficient (Wildman–Crippen LogP) is 3.92. The number of rotatable bonds is 7. The fourth-order valence-corrected chi connectivity index (χ4v) is 4.06. The molecule has 156 valence electrons. The molecule has 0 saturated heterocycles. The highest BCUT2D eigenvalue weighted by Crippen LogP contribution is 2.27. The first-order valence-corrected chi connectivity index (χ1v) is 10.6. The number of carbonyl (C=O) groups is 1. The number of aromatic nitrogens is 2. The molecule has 0 saturated carbocycles. The van der Waals surface area contributed by atoms with E-state index in [0.717, 1.165) is 12.1 Å². The van der Waals surface area contributed by atoms with Gasteiger partial charge in [-0.3, -0.25) is 19.5 Å². The van der Waals surface area contributed by atoms with Crippen molar-refractivity contribution in [3.63, 3.8) is 0 Å². The van der Waals surface area contributed by atoms with Crippen LogP contribution >= 0.6 is 0 Å². The highest BCUT2D eigenvalue weighted by atomic mass is 32.2. The first-order valence-electron chi connectivity index (χ1n) is 9.11. The Morgan fingerprint density at radius 3 is 2.50 bits per heavy atom. The molecule has 2 aromatic heterocycles. The summed E-state index contributed by atoms with van der Waals surface area (Å²) in [5.41, 5.74) is 2.52. The van der Waals surface area contributed by atoms with E-state index in [1.54, 1.807) is 37.5 Å². The number of carbonyl (C=O) groups excluding carboxylic acids is 1. The Morgan fingerprint density at radius 1 is 1.07 bits per heavy atom. The van der Waals surface area contributed by atoms with E-state index in [1.165, 1.54) is 6.92 Å². The Hall–Kier alpha value is -3.20. The van der Waals surface area contributed by atoms with Crippen LogP contribution in [0.1, 0.15) is 25.2 Å². The average Bonchev–Trinajstić information content (AvgIpc) is 2.67. The number of aryl methyl sites for hydroxylation is 1. The normalized spacial score (nSPS) is 11.3. The summed E-state index contributed by atoms with van der Waals surface area (Å²) in [7, 11) is -4.31. The fraction of sp³-hybridized carbons (Fsp3) is 0.190. The van der Waals surface area contributed by atoms with E-state index in [-0.39, 0.29) is 17.9 Å². The van der Waals surface area contributed by atoms with Crippen LogP contribution in [0.5, 0.6) is 0 Å². The van der Waals surface area contributed by atoms with Crippen LogP contribution in [0.3, 0.4) is 0 Å². The summed E-state index contributed by atoms with van der Waals surface area (Å²) in [5, 5.41) is 0. The molecular formula is C21H19F2N3O3S. The Labute approximate surface area is 173 Å². The zero-order valence-corrected chi connectivity index (χ0v) is 17.1. The van der Waals surface area contributed by atoms with Crippen LogP contribution in [-0.2, 0) is 27.7 Å². The summed E-state index contributed by atoms with van der Waals surface area (Å²) in [6.07, 6.45) is 3.74. The number of hydrogen-bond acceptors (Lipinski definition) is 5. The molecule has 9 heteroatoms. The molecule has 0 fully saturated rings. The number of nitrogens with one attached hydrogen (secondary N) is 1. The topological polar surface area (TPSA) is 89.0 Å². The molecule has 1 N–H and O–H groups in total. The maximum Gasteiger partial charge on any atom is 0.264 e. The lowest BCUT2D eigenvalue weighted by molar-refractivity contribution is -0.116. The summed E-state index contributed by atoms with van der Waals surface area (Å²) in [5.74, 6) is -2.09. The summed E-state index contributed by atoms with van der Waals surface area (Å²) >= 11 is 0. The van der Waals surface area contributed by atoms with Crippen molar-refractivity contribution >= 4 is 21.5 Å². The molecule has 2 heterocycles. The molecule has 0 aliphatic carbocycles. The van der Waals surface area contributed by atoms with Gasteiger partial charge in [0.2, 0.25) is 0 Å². The van der Waals surface area contributed by atoms with Crippen LogP contribution in [0, 0.1) is 11.6 Å². The van der Waals surface area contributed by atoms with E-state index < -0.39 is 26.6 Å². The van der Waals surface area contributed by atoms with Gasteiger partial charge in [0.15, 0.2) is 0 Å². The van der Waals surface area contributed by atoms with Crippen molar-refractivity contribution in [2.45, 2.75) is 31.6 Å². The Balaban J connectivity index is 2.00. The zero-order chi connectivity index (χ0) is 21.9. The Bertz CT molecular complexity index is 1210. The summed E-state index contributed by atoms with van der Waals surface area (Å²) in [6.45, 7) is 3.27. The summed E-state index contributed by atoms with van der Waals surface area (Å²) in [4.78, 5) is 19.2. The van der Waals surface area contributed by atoms with Crippen LogP contribution in [0.2, 0.25) is 0 Å². The maximum atomic E-state index is 14.0. The number of nitrogens with zero attached hydrogens (tertiary/aromatic N) is 2. The molecule has 0 bridgehead atoms. The molecule has 0 aliphatic rings. The number of pyridine rings is 2. The summed E-state index contributed by atoms with van der Waals surface area (Å²) in [6, 6.07) is 7.27. The first kappa shape index (κ1) is 21.5. The molecule has 6 nitrogen and oxygen atoms in total. The van der Waals surface area contributed by atoms with Crippen LogP contribution in [0.15, 0.2) is 53.7 Å². The molecule has 0 atom stereocenters. The van der Waals surface area contributed by atoms with E-state index in [1.807, 2.05) is 0 Å². The number of Topliss-reactive ketones (excluding diaryl/α,β-unsaturated/α-hetero) is 1. The van der Waals surface area contributed by atoms with Crippen LogP contribution < -0.4 is 4.72 Å². The Kier molecular flexibility index (Phi) is 6.21. The third-order valence-corrected chi connectivity index (χ3v) is 5.71. The second-order valence-electron chi connectivity index (χ2n) is 6.67. The van der Waals surface area contributed by atoms with Gasteiger partial charge in [-0.2, -0.15) is 0 Å². The maximum absolute atomic E-state index is 14.0. The minimum Gasteiger partial charge on any atom is -0.300 e. The highest BCUT2D eigenvalue weighted by molar-refractivity contribution is 7.92. The molecule has 0 spiro atoms. The van der Waals surface area contributed by atoms with Gasteiger partial charge in [0.1, 0.15) is 22.3 Å². The van der Waals surface area contributed by atoms with Crippen molar-refractivity contribution in [3.05, 3.63) is 71.8 Å². The van der Waals surface area contributed by atoms with Crippen molar-refractivity contribution in [2.24, 2.45) is 0 Å². The van der Waals surface area contributed by atoms with E-state index in [4.69, 9.17) is 0 Å². The van der Waals surface area contributed by atoms with Crippen molar-refractivity contribution in [3.8, 4) is 11.1 Å². The molecule has 3 aromatic rings. The zero-order valence-electron chi connectivity index (χ0n) is 16.3. The standard InChI is InChI=1S/C21H19F2N3O3S/c1-3-19-20(26-30(28,29)21-5-4-16(22)11-18(21)23)10-15(12-25-19)14-6-7-24-17(9-14)8-13(2)27/h4-7,9-12,26H,3,8H2,1-2H3. The van der Waals surface area contributed by atoms with Gasteiger partial charge < -0.3 is 0 Å². The molecule has 1 aromatic carbocycles. The van der Waals surface area contributed by atoms with Crippen molar-refractivity contribution in [1.82, 2.24) is 9.97 Å². The van der Waals surface area contributed by atoms with E-state index in [0.29, 0.717) is 35.0 Å². The lowest BCUT2D eigenvalue weighted by Gasteiger charge is -2.14. The number of benzene rings is 1. The van der Waals surface area contributed by atoms with Gasteiger partial charge in [-0.05, 0) is 49.2 Å². The van der Waals surface area contributed by atoms with Crippen molar-refractivity contribution in [1.29, 1.82) is 0 Å². The van der Waals surface area contributed by atoms with Gasteiger partial charge >= 0.3 is 0 Å². The smallest absolute Gasteiger partial charge is 0.264 e. The SMILES string of the molecule is CCc1ncc(-c2ccnc(CC(C)=O)c2)cc1NS(=O)(=O)c1ccc(F)cc1F. The van der Waals surface area contributed by atoms with E-state index in [9.17, 15) is 22.0 Å². The predicted molar refractivity (Wildman–Crippen MR) is 108 cm³/mol. The van der Waals surface area contributed by atoms with E-state index >= 15 is 0 Å². The van der Waals surface area contributed by atoms with Gasteiger partial charge in [0.05, 0.1) is 11.4 Å². The van der Waals surface area contributed by atoms with Gasteiger partial charge in [0, 0.05) is 36.1 Å². The minimum atomic E-state index is -4.31. The van der Waals surface area contributed by atoms with Gasteiger partial charge in [-0.15, -0.1) is 0 Å². The first-order chi connectivity index (χ1) is 14.2. The lowest BCUT2D eigenvalue weighted by Crippen LogP contribution is -2.16. The van der Waals surface area contributed by atoms with Gasteiger partial charge in [-0.25, -0.2) is 17.2 Å². The van der Waals surface area contributed by atoms with Crippen molar-refractivity contribution in [2.75, 3.05) is 4.72 Å². The number of sulfonamides is 1. The second-order valence-corrected chi connectivity index (χ2v) is 8.32. The average molecular weight is 431 g/mol. The molecule has 0 aliphatic heterocycles. The number of halogens is 2. The highest BCUT2D eigenvalue weighted by Gasteiger charge is 2.21. The lowest BCUT2D eigenvalue weighted by atomic mass is 10.1. The quantitative estimate of drug-likeness (QED) is 0.613. The number of ketones is 1. The molecule has 0 unspecified atom stereocenters. The van der Waals surface area contributed by atoms with E-state index in [2.05, 4.69) is 14.7 Å². The van der Waals surface area contributed by atoms with Gasteiger partial charge in [-0.1, -0.05) is 6.92 Å². The van der Waals surface area contributed by atoms with Crippen molar-refractivity contribution < 1.29 is 22.0 Å². The number of anilines is 1. The monoisotopic (exact) mass is 431 g/mol.